The van der Waals surface area contributed by atoms with Gasteiger partial charge in [0, 0.05) is 0 Å². The number of rotatable bonds is 15. The van der Waals surface area contributed by atoms with Crippen molar-refractivity contribution >= 4 is 0 Å². The first kappa shape index (κ1) is 20.0. The molecule has 0 radical (unpaired) electrons. The molecular formula is C23H36O2. The summed E-state index contributed by atoms with van der Waals surface area (Å²) in [5, 5.41) is 0. The zero-order valence-electron chi connectivity index (χ0n) is 16.1. The van der Waals surface area contributed by atoms with E-state index in [-0.39, 0.29) is 0 Å². The van der Waals surface area contributed by atoms with Crippen molar-refractivity contribution < 1.29 is 9.47 Å². The fraction of sp³-hybridized carbons (Fsp3) is 0.652. The minimum atomic E-state index is 0.319. The molecule has 1 unspecified atom stereocenters. The molecule has 2 heteroatoms. The quantitative estimate of drug-likeness (QED) is 0.206. The van der Waals surface area contributed by atoms with E-state index in [2.05, 4.69) is 37.3 Å². The molecule has 1 aliphatic rings. The predicted molar refractivity (Wildman–Crippen MR) is 106 cm³/mol. The van der Waals surface area contributed by atoms with Gasteiger partial charge in [0.1, 0.15) is 18.5 Å². The zero-order chi connectivity index (χ0) is 17.6. The molecule has 0 amide bonds. The summed E-state index contributed by atoms with van der Waals surface area (Å²) < 4.78 is 10.9. The molecule has 0 saturated carbocycles. The molecule has 0 N–H and O–H groups in total. The van der Waals surface area contributed by atoms with Gasteiger partial charge in [-0.15, -0.1) is 0 Å². The predicted octanol–water partition coefficient (Wildman–Crippen LogP) is 6.48. The summed E-state index contributed by atoms with van der Waals surface area (Å²) in [7, 11) is 0. The number of unbranched alkanes of at least 4 members (excludes halogenated alkanes) is 9. The van der Waals surface area contributed by atoms with Crippen LogP contribution >= 0.6 is 0 Å². The molecule has 1 fully saturated rings. The Morgan fingerprint density at radius 1 is 1.00 bits per heavy atom. The van der Waals surface area contributed by atoms with Crippen molar-refractivity contribution in [2.75, 3.05) is 13.2 Å². The molecule has 1 aromatic rings. The number of benzene rings is 1. The van der Waals surface area contributed by atoms with Gasteiger partial charge in [0.25, 0.3) is 0 Å². The number of allylic oxidation sites excluding steroid dienone is 2. The maximum Gasteiger partial charge on any atom is 0.119 e. The Morgan fingerprint density at radius 3 is 2.44 bits per heavy atom. The van der Waals surface area contributed by atoms with Crippen LogP contribution in [-0.2, 0) is 11.2 Å². The van der Waals surface area contributed by atoms with E-state index in [0.29, 0.717) is 12.7 Å². The van der Waals surface area contributed by atoms with Crippen LogP contribution in [0, 0.1) is 0 Å². The van der Waals surface area contributed by atoms with Gasteiger partial charge < -0.3 is 9.47 Å². The third kappa shape index (κ3) is 10.3. The molecule has 1 atom stereocenters. The van der Waals surface area contributed by atoms with Crippen LogP contribution in [0.3, 0.4) is 0 Å². The molecule has 2 nitrogen and oxygen atoms in total. The van der Waals surface area contributed by atoms with Gasteiger partial charge in [-0.05, 0) is 37.0 Å². The van der Waals surface area contributed by atoms with Crippen molar-refractivity contribution in [3.63, 3.8) is 0 Å². The first-order valence-corrected chi connectivity index (χ1v) is 10.4. The molecule has 1 saturated heterocycles. The first-order valence-electron chi connectivity index (χ1n) is 10.4. The Balaban J connectivity index is 1.46. The van der Waals surface area contributed by atoms with Crippen LogP contribution < -0.4 is 4.74 Å². The van der Waals surface area contributed by atoms with E-state index in [1.807, 2.05) is 6.07 Å². The average molecular weight is 345 g/mol. The Bertz CT molecular complexity index is 477. The number of epoxide rings is 1. The van der Waals surface area contributed by atoms with Gasteiger partial charge in [-0.2, -0.15) is 0 Å². The van der Waals surface area contributed by atoms with Crippen molar-refractivity contribution in [1.82, 2.24) is 0 Å². The Morgan fingerprint density at radius 2 is 1.72 bits per heavy atom. The van der Waals surface area contributed by atoms with E-state index in [4.69, 9.17) is 9.47 Å². The third-order valence-corrected chi connectivity index (χ3v) is 4.73. The van der Waals surface area contributed by atoms with Gasteiger partial charge in [0.05, 0.1) is 6.61 Å². The van der Waals surface area contributed by atoms with Crippen LogP contribution in [0.2, 0.25) is 0 Å². The van der Waals surface area contributed by atoms with Gasteiger partial charge in [-0.1, -0.05) is 82.6 Å². The second-order valence-corrected chi connectivity index (χ2v) is 7.21. The molecule has 2 rings (SSSR count). The van der Waals surface area contributed by atoms with Gasteiger partial charge in [-0.25, -0.2) is 0 Å². The van der Waals surface area contributed by atoms with Crippen molar-refractivity contribution in [1.29, 1.82) is 0 Å². The molecule has 1 aliphatic heterocycles. The summed E-state index contributed by atoms with van der Waals surface area (Å²) in [6, 6.07) is 8.42. The van der Waals surface area contributed by atoms with Gasteiger partial charge in [0.2, 0.25) is 0 Å². The van der Waals surface area contributed by atoms with E-state index in [1.165, 1.54) is 69.8 Å². The summed E-state index contributed by atoms with van der Waals surface area (Å²) >= 11 is 0. The van der Waals surface area contributed by atoms with Gasteiger partial charge >= 0.3 is 0 Å². The molecule has 140 valence electrons. The molecule has 0 aliphatic carbocycles. The summed E-state index contributed by atoms with van der Waals surface area (Å²) in [5.74, 6) is 0.959. The van der Waals surface area contributed by atoms with Crippen LogP contribution in [0.4, 0.5) is 0 Å². The van der Waals surface area contributed by atoms with Crippen LogP contribution in [0.25, 0.3) is 0 Å². The second kappa shape index (κ2) is 13.0. The van der Waals surface area contributed by atoms with Crippen LogP contribution in [0.15, 0.2) is 36.4 Å². The Labute approximate surface area is 154 Å². The molecular weight excluding hydrogens is 308 g/mol. The largest absolute Gasteiger partial charge is 0.491 e. The maximum absolute atomic E-state index is 5.73. The summed E-state index contributed by atoms with van der Waals surface area (Å²) in [5.41, 5.74) is 1.32. The number of hydrogen-bond acceptors (Lipinski definition) is 2. The normalized spacial score (nSPS) is 16.4. The summed E-state index contributed by atoms with van der Waals surface area (Å²) in [6.07, 6.45) is 19.8. The molecule has 0 bridgehead atoms. The van der Waals surface area contributed by atoms with E-state index in [0.717, 1.165) is 18.8 Å². The smallest absolute Gasteiger partial charge is 0.119 e. The van der Waals surface area contributed by atoms with Gasteiger partial charge in [-0.3, -0.25) is 0 Å². The van der Waals surface area contributed by atoms with Gasteiger partial charge in [0.15, 0.2) is 0 Å². The lowest BCUT2D eigenvalue weighted by molar-refractivity contribution is 0.263. The number of hydrogen-bond donors (Lipinski definition) is 0. The highest BCUT2D eigenvalue weighted by molar-refractivity contribution is 5.29. The minimum Gasteiger partial charge on any atom is -0.491 e. The Hall–Kier alpha value is -1.28. The van der Waals surface area contributed by atoms with E-state index in [9.17, 15) is 0 Å². The van der Waals surface area contributed by atoms with Crippen LogP contribution in [0.5, 0.6) is 5.75 Å². The standard InChI is InChI=1S/C23H36O2/c1-2-3-4-5-6-7-8-9-10-11-12-13-15-21-16-14-17-22(18-21)24-19-23-20-25-23/h12-14,16-18,23H,2-11,15,19-20H2,1H3/b13-12+. The summed E-state index contributed by atoms with van der Waals surface area (Å²) in [4.78, 5) is 0. The van der Waals surface area contributed by atoms with Crippen molar-refractivity contribution in [2.24, 2.45) is 0 Å². The number of ether oxygens (including phenoxy) is 2. The third-order valence-electron chi connectivity index (χ3n) is 4.73. The minimum absolute atomic E-state index is 0.319. The SMILES string of the molecule is CCCCCCCCCCC/C=C/Cc1cccc(OCC2CO2)c1. The van der Waals surface area contributed by atoms with Crippen molar-refractivity contribution in [2.45, 2.75) is 83.7 Å². The molecule has 0 aromatic heterocycles. The van der Waals surface area contributed by atoms with E-state index >= 15 is 0 Å². The lowest BCUT2D eigenvalue weighted by Gasteiger charge is -2.05. The fourth-order valence-electron chi connectivity index (χ4n) is 3.03. The highest BCUT2D eigenvalue weighted by Gasteiger charge is 2.22. The van der Waals surface area contributed by atoms with Crippen LogP contribution in [0.1, 0.15) is 76.7 Å². The summed E-state index contributed by atoms with van der Waals surface area (Å²) in [6.45, 7) is 3.81. The van der Waals surface area contributed by atoms with Crippen molar-refractivity contribution in [3.8, 4) is 5.75 Å². The monoisotopic (exact) mass is 344 g/mol. The average Bonchev–Trinajstić information content (AvgIpc) is 3.46. The fourth-order valence-corrected chi connectivity index (χ4v) is 3.03. The topological polar surface area (TPSA) is 21.8 Å². The molecule has 1 heterocycles. The highest BCUT2D eigenvalue weighted by atomic mass is 16.6. The van der Waals surface area contributed by atoms with Crippen LogP contribution in [-0.4, -0.2) is 19.3 Å². The Kier molecular flexibility index (Phi) is 10.4. The molecule has 0 spiro atoms. The maximum atomic E-state index is 5.73. The van der Waals surface area contributed by atoms with E-state index in [1.54, 1.807) is 0 Å². The van der Waals surface area contributed by atoms with E-state index < -0.39 is 0 Å². The highest BCUT2D eigenvalue weighted by Crippen LogP contribution is 2.17. The lowest BCUT2D eigenvalue weighted by atomic mass is 10.1. The van der Waals surface area contributed by atoms with Crippen molar-refractivity contribution in [3.05, 3.63) is 42.0 Å². The molecule has 25 heavy (non-hydrogen) atoms. The lowest BCUT2D eigenvalue weighted by Crippen LogP contribution is -2.04. The molecule has 1 aromatic carbocycles. The first-order chi connectivity index (χ1) is 12.4. The second-order valence-electron chi connectivity index (χ2n) is 7.21. The zero-order valence-corrected chi connectivity index (χ0v) is 16.1.